The van der Waals surface area contributed by atoms with Gasteiger partial charge < -0.3 is 15.8 Å². The zero-order chi connectivity index (χ0) is 13.3. The Morgan fingerprint density at radius 3 is 2.35 bits per heavy atom. The van der Waals surface area contributed by atoms with Crippen LogP contribution in [0.5, 0.6) is 0 Å². The van der Waals surface area contributed by atoms with Crippen molar-refractivity contribution in [2.75, 3.05) is 6.54 Å². The highest BCUT2D eigenvalue weighted by molar-refractivity contribution is 5.67. The quantitative estimate of drug-likeness (QED) is 0.677. The van der Waals surface area contributed by atoms with Gasteiger partial charge in [-0.15, -0.1) is 0 Å². The number of rotatable bonds is 7. The van der Waals surface area contributed by atoms with E-state index in [-0.39, 0.29) is 12.1 Å². The van der Waals surface area contributed by atoms with E-state index in [1.165, 1.54) is 12.8 Å². The molecule has 1 amide bonds. The third kappa shape index (κ3) is 11.5. The minimum absolute atomic E-state index is 0.169. The Kier molecular flexibility index (Phi) is 7.96. The van der Waals surface area contributed by atoms with Crippen molar-refractivity contribution in [1.29, 1.82) is 0 Å². The SMILES string of the molecule is CC(CCCCCCN)NC(=O)OC(C)(C)C. The lowest BCUT2D eigenvalue weighted by molar-refractivity contribution is 0.0506. The van der Waals surface area contributed by atoms with Crippen molar-refractivity contribution in [2.45, 2.75) is 71.4 Å². The first kappa shape index (κ1) is 16.2. The molecule has 1 atom stereocenters. The van der Waals surface area contributed by atoms with Crippen LogP contribution in [0.4, 0.5) is 4.79 Å². The highest BCUT2D eigenvalue weighted by atomic mass is 16.6. The van der Waals surface area contributed by atoms with Crippen LogP contribution in [-0.2, 0) is 4.74 Å². The van der Waals surface area contributed by atoms with Crippen LogP contribution in [0.3, 0.4) is 0 Å². The molecule has 0 radical (unpaired) electrons. The summed E-state index contributed by atoms with van der Waals surface area (Å²) < 4.78 is 5.19. The number of hydrogen-bond acceptors (Lipinski definition) is 3. The maximum absolute atomic E-state index is 11.5. The molecule has 1 unspecified atom stereocenters. The monoisotopic (exact) mass is 244 g/mol. The van der Waals surface area contributed by atoms with Crippen molar-refractivity contribution in [3.63, 3.8) is 0 Å². The third-order valence-corrected chi connectivity index (χ3v) is 2.35. The molecule has 0 fully saturated rings. The van der Waals surface area contributed by atoms with Gasteiger partial charge in [-0.25, -0.2) is 4.79 Å². The Balaban J connectivity index is 3.57. The first-order valence-electron chi connectivity index (χ1n) is 6.54. The first-order valence-corrected chi connectivity index (χ1v) is 6.54. The molecular formula is C13H28N2O2. The predicted octanol–water partition coefficient (Wildman–Crippen LogP) is 2.81. The van der Waals surface area contributed by atoms with Gasteiger partial charge in [0.25, 0.3) is 0 Å². The van der Waals surface area contributed by atoms with Gasteiger partial charge in [-0.2, -0.15) is 0 Å². The van der Waals surface area contributed by atoms with Gasteiger partial charge in [-0.1, -0.05) is 19.3 Å². The lowest BCUT2D eigenvalue weighted by Crippen LogP contribution is -2.37. The summed E-state index contributed by atoms with van der Waals surface area (Å²) in [5, 5.41) is 2.84. The van der Waals surface area contributed by atoms with Crippen LogP contribution in [0.25, 0.3) is 0 Å². The average Bonchev–Trinajstić information content (AvgIpc) is 2.14. The molecule has 0 bridgehead atoms. The maximum Gasteiger partial charge on any atom is 0.407 e. The molecule has 4 heteroatoms. The van der Waals surface area contributed by atoms with Crippen molar-refractivity contribution in [1.82, 2.24) is 5.32 Å². The largest absolute Gasteiger partial charge is 0.444 e. The van der Waals surface area contributed by atoms with Gasteiger partial charge in [0.2, 0.25) is 0 Å². The molecule has 0 heterocycles. The Bertz CT molecular complexity index is 212. The standard InChI is InChI=1S/C13H28N2O2/c1-11(9-7-5-6-8-10-14)15-12(16)17-13(2,3)4/h11H,5-10,14H2,1-4H3,(H,15,16). The normalized spacial score (nSPS) is 13.2. The zero-order valence-electron chi connectivity index (χ0n) is 11.7. The van der Waals surface area contributed by atoms with E-state index in [0.717, 1.165) is 25.8 Å². The van der Waals surface area contributed by atoms with E-state index in [0.29, 0.717) is 0 Å². The number of unbranched alkanes of at least 4 members (excludes halogenated alkanes) is 3. The maximum atomic E-state index is 11.5. The van der Waals surface area contributed by atoms with E-state index in [9.17, 15) is 4.79 Å². The van der Waals surface area contributed by atoms with E-state index in [1.807, 2.05) is 27.7 Å². The van der Waals surface area contributed by atoms with Gasteiger partial charge >= 0.3 is 6.09 Å². The van der Waals surface area contributed by atoms with Crippen LogP contribution in [-0.4, -0.2) is 24.3 Å². The van der Waals surface area contributed by atoms with Crippen molar-refractivity contribution < 1.29 is 9.53 Å². The molecule has 0 aromatic rings. The van der Waals surface area contributed by atoms with Gasteiger partial charge in [0.1, 0.15) is 5.60 Å². The third-order valence-electron chi connectivity index (χ3n) is 2.35. The van der Waals surface area contributed by atoms with Crippen molar-refractivity contribution >= 4 is 6.09 Å². The molecular weight excluding hydrogens is 216 g/mol. The minimum Gasteiger partial charge on any atom is -0.444 e. The topological polar surface area (TPSA) is 64.3 Å². The molecule has 0 aliphatic rings. The smallest absolute Gasteiger partial charge is 0.407 e. The minimum atomic E-state index is -0.426. The van der Waals surface area contributed by atoms with Crippen LogP contribution in [0.1, 0.15) is 59.8 Å². The molecule has 0 saturated carbocycles. The van der Waals surface area contributed by atoms with Gasteiger partial charge in [0, 0.05) is 6.04 Å². The number of nitrogens with two attached hydrogens (primary N) is 1. The van der Waals surface area contributed by atoms with Gasteiger partial charge in [0.05, 0.1) is 0 Å². The van der Waals surface area contributed by atoms with E-state index in [4.69, 9.17) is 10.5 Å². The summed E-state index contributed by atoms with van der Waals surface area (Å²) in [6.07, 6.45) is 5.23. The highest BCUT2D eigenvalue weighted by Gasteiger charge is 2.17. The Hall–Kier alpha value is -0.770. The molecule has 17 heavy (non-hydrogen) atoms. The van der Waals surface area contributed by atoms with Crippen LogP contribution in [0.2, 0.25) is 0 Å². The van der Waals surface area contributed by atoms with Gasteiger partial charge in [0.15, 0.2) is 0 Å². The van der Waals surface area contributed by atoms with Gasteiger partial charge in [-0.05, 0) is 47.1 Å². The number of alkyl carbamates (subject to hydrolysis) is 1. The van der Waals surface area contributed by atoms with Crippen LogP contribution < -0.4 is 11.1 Å². The second kappa shape index (κ2) is 8.34. The predicted molar refractivity (Wildman–Crippen MR) is 71.0 cm³/mol. The summed E-state index contributed by atoms with van der Waals surface area (Å²) in [6.45, 7) is 8.37. The fraction of sp³-hybridized carbons (Fsp3) is 0.923. The molecule has 0 saturated heterocycles. The number of carbonyl (C=O) groups excluding carboxylic acids is 1. The molecule has 3 N–H and O–H groups in total. The second-order valence-corrected chi connectivity index (χ2v) is 5.54. The fourth-order valence-corrected chi connectivity index (χ4v) is 1.53. The van der Waals surface area contributed by atoms with Gasteiger partial charge in [-0.3, -0.25) is 0 Å². The van der Waals surface area contributed by atoms with Crippen LogP contribution >= 0.6 is 0 Å². The molecule has 0 aliphatic heterocycles. The second-order valence-electron chi connectivity index (χ2n) is 5.54. The van der Waals surface area contributed by atoms with Crippen molar-refractivity contribution in [3.8, 4) is 0 Å². The van der Waals surface area contributed by atoms with E-state index in [1.54, 1.807) is 0 Å². The number of nitrogens with one attached hydrogen (secondary N) is 1. The summed E-state index contributed by atoms with van der Waals surface area (Å²) in [5.74, 6) is 0. The lowest BCUT2D eigenvalue weighted by atomic mass is 10.1. The van der Waals surface area contributed by atoms with Crippen molar-refractivity contribution in [2.24, 2.45) is 5.73 Å². The summed E-state index contributed by atoms with van der Waals surface area (Å²) in [6, 6.07) is 0.169. The molecule has 0 rings (SSSR count). The number of ether oxygens (including phenoxy) is 1. The Morgan fingerprint density at radius 1 is 1.24 bits per heavy atom. The molecule has 0 aromatic heterocycles. The first-order chi connectivity index (χ1) is 7.85. The van der Waals surface area contributed by atoms with E-state index >= 15 is 0 Å². The highest BCUT2D eigenvalue weighted by Crippen LogP contribution is 2.08. The van der Waals surface area contributed by atoms with Crippen molar-refractivity contribution in [3.05, 3.63) is 0 Å². The number of hydrogen-bond donors (Lipinski definition) is 2. The zero-order valence-corrected chi connectivity index (χ0v) is 11.7. The van der Waals surface area contributed by atoms with Crippen LogP contribution in [0, 0.1) is 0 Å². The lowest BCUT2D eigenvalue weighted by Gasteiger charge is -2.21. The van der Waals surface area contributed by atoms with E-state index < -0.39 is 5.60 Å². The summed E-state index contributed by atoms with van der Waals surface area (Å²) in [7, 11) is 0. The number of amides is 1. The molecule has 4 nitrogen and oxygen atoms in total. The summed E-state index contributed by atoms with van der Waals surface area (Å²) in [4.78, 5) is 11.5. The molecule has 0 aromatic carbocycles. The summed E-state index contributed by atoms with van der Waals surface area (Å²) >= 11 is 0. The van der Waals surface area contributed by atoms with E-state index in [2.05, 4.69) is 5.32 Å². The number of carbonyl (C=O) groups is 1. The molecule has 0 spiro atoms. The molecule has 0 aliphatic carbocycles. The fourth-order valence-electron chi connectivity index (χ4n) is 1.53. The molecule has 102 valence electrons. The van der Waals surface area contributed by atoms with Crippen LogP contribution in [0.15, 0.2) is 0 Å². The average molecular weight is 244 g/mol. The Labute approximate surface area is 105 Å². The summed E-state index contributed by atoms with van der Waals surface area (Å²) in [5.41, 5.74) is 5.00. The Morgan fingerprint density at radius 2 is 1.82 bits per heavy atom.